The van der Waals surface area contributed by atoms with Gasteiger partial charge >= 0.3 is 0 Å². The highest BCUT2D eigenvalue weighted by atomic mass is 32.1. The van der Waals surface area contributed by atoms with Crippen LogP contribution in [0.5, 0.6) is 0 Å². The van der Waals surface area contributed by atoms with E-state index in [1.807, 2.05) is 28.5 Å². The fraction of sp³-hybridized carbons (Fsp3) is 0.529. The van der Waals surface area contributed by atoms with Crippen LogP contribution >= 0.6 is 11.3 Å². The zero-order chi connectivity index (χ0) is 15.6. The van der Waals surface area contributed by atoms with Crippen molar-refractivity contribution < 1.29 is 9.32 Å². The van der Waals surface area contributed by atoms with Gasteiger partial charge in [-0.2, -0.15) is 0 Å². The minimum Gasteiger partial charge on any atom is -0.355 e. The molecule has 0 aromatic carbocycles. The average molecular weight is 318 g/mol. The summed E-state index contributed by atoms with van der Waals surface area (Å²) in [5.41, 5.74) is 0.377. The largest absolute Gasteiger partial charge is 0.355 e. The number of hydrogen-bond acceptors (Lipinski definition) is 4. The molecule has 0 aliphatic heterocycles. The standard InChI is InChI=1S/C17H22N2O2S/c1-3-9-19(10-4-2)16(20)17(7-8-17)15-12-13(21-18-15)14-6-5-11-22-14/h5-6,11-12H,3-4,7-10H2,1-2H3. The summed E-state index contributed by atoms with van der Waals surface area (Å²) in [5.74, 6) is 0.990. The molecule has 118 valence electrons. The Hall–Kier alpha value is -1.62. The monoisotopic (exact) mass is 318 g/mol. The number of thiophene rings is 1. The van der Waals surface area contributed by atoms with Gasteiger partial charge in [0.1, 0.15) is 0 Å². The van der Waals surface area contributed by atoms with Crippen molar-refractivity contribution in [3.63, 3.8) is 0 Å². The molecule has 22 heavy (non-hydrogen) atoms. The van der Waals surface area contributed by atoms with Gasteiger partial charge in [-0.05, 0) is 37.1 Å². The Morgan fingerprint density at radius 3 is 2.64 bits per heavy atom. The van der Waals surface area contributed by atoms with E-state index in [0.29, 0.717) is 0 Å². The fourth-order valence-corrected chi connectivity index (χ4v) is 3.57. The molecule has 0 unspecified atom stereocenters. The zero-order valence-corrected chi connectivity index (χ0v) is 14.0. The normalized spacial score (nSPS) is 15.7. The summed E-state index contributed by atoms with van der Waals surface area (Å²) in [5, 5.41) is 6.23. The van der Waals surface area contributed by atoms with Gasteiger partial charge in [-0.25, -0.2) is 0 Å². The number of carbonyl (C=O) groups is 1. The second-order valence-electron chi connectivity index (χ2n) is 5.93. The van der Waals surface area contributed by atoms with E-state index >= 15 is 0 Å². The van der Waals surface area contributed by atoms with E-state index in [4.69, 9.17) is 4.52 Å². The molecule has 0 saturated heterocycles. The molecule has 4 nitrogen and oxygen atoms in total. The van der Waals surface area contributed by atoms with Crippen molar-refractivity contribution >= 4 is 17.2 Å². The maximum Gasteiger partial charge on any atom is 0.234 e. The summed E-state index contributed by atoms with van der Waals surface area (Å²) in [6, 6.07) is 5.95. The molecule has 0 N–H and O–H groups in total. The Balaban J connectivity index is 1.82. The van der Waals surface area contributed by atoms with Crippen molar-refractivity contribution in [3.05, 3.63) is 29.3 Å². The van der Waals surface area contributed by atoms with Crippen molar-refractivity contribution in [1.29, 1.82) is 0 Å². The van der Waals surface area contributed by atoms with Crippen molar-refractivity contribution in [2.24, 2.45) is 0 Å². The molecule has 0 atom stereocenters. The summed E-state index contributed by atoms with van der Waals surface area (Å²) in [6.07, 6.45) is 3.74. The van der Waals surface area contributed by atoms with E-state index in [1.54, 1.807) is 11.3 Å². The lowest BCUT2D eigenvalue weighted by molar-refractivity contribution is -0.134. The van der Waals surface area contributed by atoms with Crippen LogP contribution in [0.1, 0.15) is 45.2 Å². The van der Waals surface area contributed by atoms with Gasteiger partial charge in [0, 0.05) is 19.2 Å². The van der Waals surface area contributed by atoms with E-state index in [0.717, 1.165) is 55.1 Å². The predicted octanol–water partition coefficient (Wildman–Crippen LogP) is 4.08. The molecular weight excluding hydrogens is 296 g/mol. The first-order chi connectivity index (χ1) is 10.7. The lowest BCUT2D eigenvalue weighted by Gasteiger charge is -2.25. The van der Waals surface area contributed by atoms with Crippen LogP contribution in [0.25, 0.3) is 10.6 Å². The molecule has 0 radical (unpaired) electrons. The van der Waals surface area contributed by atoms with Gasteiger partial charge in [0.05, 0.1) is 16.0 Å². The number of hydrogen-bond donors (Lipinski definition) is 0. The third-order valence-electron chi connectivity index (χ3n) is 4.20. The topological polar surface area (TPSA) is 46.3 Å². The molecule has 1 amide bonds. The Labute approximate surface area is 135 Å². The maximum absolute atomic E-state index is 13.0. The second-order valence-corrected chi connectivity index (χ2v) is 6.88. The fourth-order valence-electron chi connectivity index (χ4n) is 2.90. The highest BCUT2D eigenvalue weighted by Crippen LogP contribution is 2.50. The van der Waals surface area contributed by atoms with Gasteiger partial charge < -0.3 is 9.42 Å². The predicted molar refractivity (Wildman–Crippen MR) is 87.9 cm³/mol. The highest BCUT2D eigenvalue weighted by molar-refractivity contribution is 7.13. The van der Waals surface area contributed by atoms with Crippen LogP contribution in [0.2, 0.25) is 0 Å². The Morgan fingerprint density at radius 1 is 1.36 bits per heavy atom. The molecule has 1 saturated carbocycles. The Morgan fingerprint density at radius 2 is 2.09 bits per heavy atom. The lowest BCUT2D eigenvalue weighted by atomic mass is 9.99. The van der Waals surface area contributed by atoms with Crippen LogP contribution in [0.3, 0.4) is 0 Å². The molecule has 1 aliphatic rings. The maximum atomic E-state index is 13.0. The summed E-state index contributed by atoms with van der Waals surface area (Å²) in [7, 11) is 0. The smallest absolute Gasteiger partial charge is 0.234 e. The quantitative estimate of drug-likeness (QED) is 0.772. The number of carbonyl (C=O) groups excluding carboxylic acids is 1. The zero-order valence-electron chi connectivity index (χ0n) is 13.2. The highest BCUT2D eigenvalue weighted by Gasteiger charge is 2.55. The van der Waals surface area contributed by atoms with Gasteiger partial charge in [0.2, 0.25) is 5.91 Å². The van der Waals surface area contributed by atoms with Gasteiger partial charge in [0.25, 0.3) is 0 Å². The van der Waals surface area contributed by atoms with Crippen molar-refractivity contribution in [2.75, 3.05) is 13.1 Å². The van der Waals surface area contributed by atoms with Crippen LogP contribution in [0.4, 0.5) is 0 Å². The molecule has 5 heteroatoms. The lowest BCUT2D eigenvalue weighted by Crippen LogP contribution is -2.40. The first-order valence-corrected chi connectivity index (χ1v) is 8.89. The summed E-state index contributed by atoms with van der Waals surface area (Å²) < 4.78 is 5.47. The van der Waals surface area contributed by atoms with E-state index in [-0.39, 0.29) is 5.91 Å². The number of aromatic nitrogens is 1. The second kappa shape index (κ2) is 6.24. The molecular formula is C17H22N2O2S. The summed E-state index contributed by atoms with van der Waals surface area (Å²) in [4.78, 5) is 16.0. The van der Waals surface area contributed by atoms with Crippen LogP contribution < -0.4 is 0 Å². The molecule has 2 heterocycles. The first kappa shape index (κ1) is 15.3. The van der Waals surface area contributed by atoms with E-state index in [9.17, 15) is 4.79 Å². The summed E-state index contributed by atoms with van der Waals surface area (Å²) >= 11 is 1.62. The van der Waals surface area contributed by atoms with Crippen molar-refractivity contribution in [3.8, 4) is 10.6 Å². The Kier molecular flexibility index (Phi) is 4.34. The summed E-state index contributed by atoms with van der Waals surface area (Å²) in [6.45, 7) is 5.87. The van der Waals surface area contributed by atoms with Crippen LogP contribution in [-0.4, -0.2) is 29.1 Å². The van der Waals surface area contributed by atoms with Crippen LogP contribution in [-0.2, 0) is 10.2 Å². The van der Waals surface area contributed by atoms with Gasteiger partial charge in [-0.1, -0.05) is 25.1 Å². The van der Waals surface area contributed by atoms with E-state index in [1.165, 1.54) is 0 Å². The van der Waals surface area contributed by atoms with Crippen LogP contribution in [0.15, 0.2) is 28.1 Å². The Bertz CT molecular complexity index is 623. The SMILES string of the molecule is CCCN(CCC)C(=O)C1(c2cc(-c3cccs3)on2)CC1. The number of rotatable bonds is 7. The van der Waals surface area contributed by atoms with E-state index < -0.39 is 5.41 Å². The average Bonchev–Trinajstić information content (AvgIpc) is 2.94. The molecule has 1 fully saturated rings. The van der Waals surface area contributed by atoms with Gasteiger partial charge in [0.15, 0.2) is 5.76 Å². The first-order valence-electron chi connectivity index (χ1n) is 8.01. The van der Waals surface area contributed by atoms with Crippen molar-refractivity contribution in [1.82, 2.24) is 10.1 Å². The minimum absolute atomic E-state index is 0.224. The molecule has 0 bridgehead atoms. The molecule has 2 aromatic rings. The third kappa shape index (κ3) is 2.70. The van der Waals surface area contributed by atoms with Crippen LogP contribution in [0, 0.1) is 0 Å². The number of amides is 1. The van der Waals surface area contributed by atoms with E-state index in [2.05, 4.69) is 19.0 Å². The molecule has 3 rings (SSSR count). The van der Waals surface area contributed by atoms with Crippen molar-refractivity contribution in [2.45, 2.75) is 44.9 Å². The number of nitrogens with zero attached hydrogens (tertiary/aromatic N) is 2. The third-order valence-corrected chi connectivity index (χ3v) is 5.08. The van der Waals surface area contributed by atoms with Gasteiger partial charge in [-0.3, -0.25) is 4.79 Å². The molecule has 0 spiro atoms. The molecule has 2 aromatic heterocycles. The molecule has 1 aliphatic carbocycles. The van der Waals surface area contributed by atoms with Gasteiger partial charge in [-0.15, -0.1) is 11.3 Å². The minimum atomic E-state index is -0.427.